The van der Waals surface area contributed by atoms with E-state index in [-0.39, 0.29) is 12.5 Å². The number of pyridine rings is 1. The molecule has 0 spiro atoms. The molecule has 0 aliphatic rings. The van der Waals surface area contributed by atoms with Gasteiger partial charge in [-0.25, -0.2) is 4.98 Å². The Hall–Kier alpha value is -2.17. The van der Waals surface area contributed by atoms with E-state index in [1.165, 1.54) is 6.08 Å². The van der Waals surface area contributed by atoms with Crippen molar-refractivity contribution in [3.8, 4) is 0 Å². The lowest BCUT2D eigenvalue weighted by Gasteiger charge is -2.23. The molecule has 0 saturated heterocycles. The molecular weight excluding hydrogens is 300 g/mol. The Kier molecular flexibility index (Phi) is 5.31. The molecule has 114 valence electrons. The van der Waals surface area contributed by atoms with Crippen LogP contribution in [0.5, 0.6) is 0 Å². The first kappa shape index (κ1) is 16.2. The fourth-order valence-corrected chi connectivity index (χ4v) is 2.09. The van der Waals surface area contributed by atoms with Crippen molar-refractivity contribution in [2.75, 3.05) is 6.54 Å². The maximum atomic E-state index is 11.8. The van der Waals surface area contributed by atoms with Crippen LogP contribution in [0, 0.1) is 0 Å². The number of aliphatic hydroxyl groups is 1. The van der Waals surface area contributed by atoms with Crippen LogP contribution in [0.3, 0.4) is 0 Å². The summed E-state index contributed by atoms with van der Waals surface area (Å²) in [4.78, 5) is 15.7. The SMILES string of the molecule is CC(O)(CNC(=O)/C=C/c1ccnc(Cl)c1)c1ccccc1. The molecule has 2 aromatic rings. The quantitative estimate of drug-likeness (QED) is 0.658. The highest BCUT2D eigenvalue weighted by molar-refractivity contribution is 6.29. The predicted octanol–water partition coefficient (Wildman–Crippen LogP) is 2.77. The molecule has 1 aromatic heterocycles. The number of nitrogens with one attached hydrogen (secondary N) is 1. The average molecular weight is 317 g/mol. The maximum Gasteiger partial charge on any atom is 0.244 e. The summed E-state index contributed by atoms with van der Waals surface area (Å²) < 4.78 is 0. The first-order chi connectivity index (χ1) is 10.5. The lowest BCUT2D eigenvalue weighted by atomic mass is 9.96. The number of halogens is 1. The van der Waals surface area contributed by atoms with Crippen molar-refractivity contribution in [1.29, 1.82) is 0 Å². The Morgan fingerprint density at radius 3 is 2.77 bits per heavy atom. The number of rotatable bonds is 5. The molecule has 2 N–H and O–H groups in total. The van der Waals surface area contributed by atoms with E-state index in [2.05, 4.69) is 10.3 Å². The van der Waals surface area contributed by atoms with Crippen molar-refractivity contribution in [3.63, 3.8) is 0 Å². The highest BCUT2D eigenvalue weighted by Crippen LogP contribution is 2.18. The summed E-state index contributed by atoms with van der Waals surface area (Å²) in [6.07, 6.45) is 4.60. The Bertz CT molecular complexity index is 669. The van der Waals surface area contributed by atoms with Crippen LogP contribution in [0.1, 0.15) is 18.1 Å². The predicted molar refractivity (Wildman–Crippen MR) is 87.3 cm³/mol. The van der Waals surface area contributed by atoms with Crippen molar-refractivity contribution in [3.05, 3.63) is 71.0 Å². The van der Waals surface area contributed by atoms with E-state index in [4.69, 9.17) is 11.6 Å². The van der Waals surface area contributed by atoms with Gasteiger partial charge in [-0.2, -0.15) is 0 Å². The standard InChI is InChI=1S/C17H17ClN2O2/c1-17(22,14-5-3-2-4-6-14)12-20-16(21)8-7-13-9-10-19-15(18)11-13/h2-11,22H,12H2,1H3,(H,20,21)/b8-7+. The first-order valence-corrected chi connectivity index (χ1v) is 7.20. The summed E-state index contributed by atoms with van der Waals surface area (Å²) in [6, 6.07) is 12.6. The van der Waals surface area contributed by atoms with E-state index in [1.54, 1.807) is 31.3 Å². The number of hydrogen-bond acceptors (Lipinski definition) is 3. The van der Waals surface area contributed by atoms with Gasteiger partial charge in [0.15, 0.2) is 0 Å². The molecule has 22 heavy (non-hydrogen) atoms. The monoisotopic (exact) mass is 316 g/mol. The lowest BCUT2D eigenvalue weighted by molar-refractivity contribution is -0.117. The van der Waals surface area contributed by atoms with Crippen molar-refractivity contribution in [2.45, 2.75) is 12.5 Å². The minimum atomic E-state index is -1.12. The Morgan fingerprint density at radius 2 is 2.09 bits per heavy atom. The maximum absolute atomic E-state index is 11.8. The normalized spacial score (nSPS) is 13.8. The minimum Gasteiger partial charge on any atom is -0.384 e. The van der Waals surface area contributed by atoms with Crippen LogP contribution in [-0.4, -0.2) is 22.5 Å². The van der Waals surface area contributed by atoms with Gasteiger partial charge in [0.2, 0.25) is 5.91 Å². The Balaban J connectivity index is 1.93. The largest absolute Gasteiger partial charge is 0.384 e. The second-order valence-corrected chi connectivity index (χ2v) is 5.49. The van der Waals surface area contributed by atoms with Gasteiger partial charge in [-0.3, -0.25) is 4.79 Å². The Labute approximate surface area is 134 Å². The molecule has 1 aromatic carbocycles. The van der Waals surface area contributed by atoms with Gasteiger partial charge in [-0.15, -0.1) is 0 Å². The zero-order chi connectivity index (χ0) is 16.0. The molecule has 0 aliphatic heterocycles. The third-order valence-electron chi connectivity index (χ3n) is 3.18. The van der Waals surface area contributed by atoms with Gasteiger partial charge in [0.1, 0.15) is 10.8 Å². The molecule has 0 fully saturated rings. The summed E-state index contributed by atoms with van der Waals surface area (Å²) in [5, 5.41) is 13.4. The zero-order valence-corrected chi connectivity index (χ0v) is 12.9. The van der Waals surface area contributed by atoms with Crippen molar-refractivity contribution < 1.29 is 9.90 Å². The van der Waals surface area contributed by atoms with Crippen LogP contribution in [0.15, 0.2) is 54.7 Å². The van der Waals surface area contributed by atoms with Crippen LogP contribution in [0.4, 0.5) is 0 Å². The van der Waals surface area contributed by atoms with Gasteiger partial charge in [0, 0.05) is 12.3 Å². The van der Waals surface area contributed by atoms with E-state index in [0.29, 0.717) is 5.15 Å². The smallest absolute Gasteiger partial charge is 0.244 e. The topological polar surface area (TPSA) is 62.2 Å². The number of amides is 1. The van der Waals surface area contributed by atoms with Crippen LogP contribution < -0.4 is 5.32 Å². The lowest BCUT2D eigenvalue weighted by Crippen LogP contribution is -2.37. The number of nitrogens with zero attached hydrogens (tertiary/aromatic N) is 1. The van der Waals surface area contributed by atoms with Crippen LogP contribution in [0.25, 0.3) is 6.08 Å². The van der Waals surface area contributed by atoms with Gasteiger partial charge in [-0.1, -0.05) is 41.9 Å². The third-order valence-corrected chi connectivity index (χ3v) is 3.39. The van der Waals surface area contributed by atoms with Gasteiger partial charge in [0.25, 0.3) is 0 Å². The van der Waals surface area contributed by atoms with E-state index in [9.17, 15) is 9.90 Å². The number of carbonyl (C=O) groups excluding carboxylic acids is 1. The van der Waals surface area contributed by atoms with Gasteiger partial charge >= 0.3 is 0 Å². The molecular formula is C17H17ClN2O2. The highest BCUT2D eigenvalue weighted by atomic mass is 35.5. The second-order valence-electron chi connectivity index (χ2n) is 5.10. The molecule has 5 heteroatoms. The Morgan fingerprint density at radius 1 is 1.36 bits per heavy atom. The van der Waals surface area contributed by atoms with E-state index < -0.39 is 5.60 Å². The average Bonchev–Trinajstić information content (AvgIpc) is 2.52. The highest BCUT2D eigenvalue weighted by Gasteiger charge is 2.22. The second kappa shape index (κ2) is 7.20. The molecule has 1 unspecified atom stereocenters. The van der Waals surface area contributed by atoms with Gasteiger partial charge < -0.3 is 10.4 Å². The first-order valence-electron chi connectivity index (χ1n) is 6.83. The van der Waals surface area contributed by atoms with Crippen LogP contribution >= 0.6 is 11.6 Å². The molecule has 1 amide bonds. The number of carbonyl (C=O) groups is 1. The number of benzene rings is 1. The zero-order valence-electron chi connectivity index (χ0n) is 12.2. The van der Waals surface area contributed by atoms with Gasteiger partial charge in [-0.05, 0) is 36.3 Å². The molecule has 4 nitrogen and oxygen atoms in total. The molecule has 1 heterocycles. The summed E-state index contributed by atoms with van der Waals surface area (Å²) in [5.41, 5.74) is 0.412. The van der Waals surface area contributed by atoms with E-state index in [1.807, 2.05) is 30.3 Å². The molecule has 0 bridgehead atoms. The molecule has 0 radical (unpaired) electrons. The summed E-state index contributed by atoms with van der Waals surface area (Å²) in [6.45, 7) is 1.78. The molecule has 0 aliphatic carbocycles. The van der Waals surface area contributed by atoms with Crippen LogP contribution in [0.2, 0.25) is 5.15 Å². The third kappa shape index (κ3) is 4.69. The summed E-state index contributed by atoms with van der Waals surface area (Å²) in [5.74, 6) is -0.288. The summed E-state index contributed by atoms with van der Waals surface area (Å²) >= 11 is 5.77. The van der Waals surface area contributed by atoms with E-state index in [0.717, 1.165) is 11.1 Å². The fourth-order valence-electron chi connectivity index (χ4n) is 1.91. The summed E-state index contributed by atoms with van der Waals surface area (Å²) in [7, 11) is 0. The van der Waals surface area contributed by atoms with Crippen molar-refractivity contribution >= 4 is 23.6 Å². The number of hydrogen-bond donors (Lipinski definition) is 2. The molecule has 1 atom stereocenters. The van der Waals surface area contributed by atoms with Gasteiger partial charge in [0.05, 0.1) is 6.54 Å². The fraction of sp³-hybridized carbons (Fsp3) is 0.176. The molecule has 0 saturated carbocycles. The van der Waals surface area contributed by atoms with Crippen LogP contribution in [-0.2, 0) is 10.4 Å². The minimum absolute atomic E-state index is 0.122. The van der Waals surface area contributed by atoms with Crippen molar-refractivity contribution in [2.24, 2.45) is 0 Å². The van der Waals surface area contributed by atoms with E-state index >= 15 is 0 Å². The molecule has 2 rings (SSSR count). The van der Waals surface area contributed by atoms with Crippen molar-refractivity contribution in [1.82, 2.24) is 10.3 Å². The number of aromatic nitrogens is 1.